The summed E-state index contributed by atoms with van der Waals surface area (Å²) in [6, 6.07) is 5.63. The third kappa shape index (κ3) is 4.37. The van der Waals surface area contributed by atoms with E-state index in [1.807, 2.05) is 34.7 Å². The maximum Gasteiger partial charge on any atom is 0.233 e. The van der Waals surface area contributed by atoms with Crippen molar-refractivity contribution in [1.82, 2.24) is 19.7 Å². The van der Waals surface area contributed by atoms with E-state index in [1.165, 1.54) is 11.8 Å². The monoisotopic (exact) mass is 390 g/mol. The molecule has 8 heteroatoms. The Labute approximate surface area is 164 Å². The third-order valence-corrected chi connectivity index (χ3v) is 5.94. The summed E-state index contributed by atoms with van der Waals surface area (Å²) < 4.78 is 12.5. The third-order valence-electron chi connectivity index (χ3n) is 4.94. The molecule has 1 saturated heterocycles. The first kappa shape index (κ1) is 19.5. The number of piperidine rings is 1. The average Bonchev–Trinajstić information content (AvgIpc) is 3.06. The molecule has 0 N–H and O–H groups in total. The van der Waals surface area contributed by atoms with Crippen molar-refractivity contribution in [2.24, 2.45) is 13.0 Å². The Balaban J connectivity index is 1.68. The number of amides is 1. The van der Waals surface area contributed by atoms with Crippen LogP contribution < -0.4 is 9.47 Å². The second-order valence-corrected chi connectivity index (χ2v) is 7.73. The maximum absolute atomic E-state index is 12.4. The van der Waals surface area contributed by atoms with Crippen LogP contribution in [0.25, 0.3) is 11.4 Å². The number of likely N-dealkylation sites (tertiary alicyclic amines) is 1. The normalized spacial score (nSPS) is 15.0. The Morgan fingerprint density at radius 1 is 1.19 bits per heavy atom. The van der Waals surface area contributed by atoms with Gasteiger partial charge in [-0.15, -0.1) is 10.2 Å². The van der Waals surface area contributed by atoms with Gasteiger partial charge < -0.3 is 18.9 Å². The van der Waals surface area contributed by atoms with Crippen molar-refractivity contribution in [2.75, 3.05) is 33.1 Å². The highest BCUT2D eigenvalue weighted by Gasteiger charge is 2.21. The summed E-state index contributed by atoms with van der Waals surface area (Å²) in [4.78, 5) is 14.4. The molecule has 3 rings (SSSR count). The Bertz CT molecular complexity index is 800. The SMILES string of the molecule is COc1ccc(-c2nnc(SCC(=O)N3CCC(C)CC3)n2C)cc1OC. The molecule has 27 heavy (non-hydrogen) atoms. The van der Waals surface area contributed by atoms with Crippen LogP contribution in [0, 0.1) is 5.92 Å². The van der Waals surface area contributed by atoms with E-state index in [4.69, 9.17) is 9.47 Å². The van der Waals surface area contributed by atoms with E-state index in [9.17, 15) is 4.79 Å². The molecule has 1 aliphatic rings. The molecule has 0 unspecified atom stereocenters. The fourth-order valence-corrected chi connectivity index (χ4v) is 3.96. The lowest BCUT2D eigenvalue weighted by Crippen LogP contribution is -2.38. The van der Waals surface area contributed by atoms with Crippen LogP contribution in [0.1, 0.15) is 19.8 Å². The second kappa shape index (κ2) is 8.65. The first-order valence-corrected chi connectivity index (χ1v) is 10.0. The number of carbonyl (C=O) groups is 1. The molecule has 1 aromatic heterocycles. The van der Waals surface area contributed by atoms with Crippen molar-refractivity contribution in [1.29, 1.82) is 0 Å². The summed E-state index contributed by atoms with van der Waals surface area (Å²) in [5, 5.41) is 9.26. The summed E-state index contributed by atoms with van der Waals surface area (Å²) in [5.41, 5.74) is 0.880. The molecular weight excluding hydrogens is 364 g/mol. The number of ether oxygens (including phenoxy) is 2. The van der Waals surface area contributed by atoms with Crippen molar-refractivity contribution in [3.8, 4) is 22.9 Å². The number of methoxy groups -OCH3 is 2. The molecule has 0 radical (unpaired) electrons. The number of benzene rings is 1. The second-order valence-electron chi connectivity index (χ2n) is 6.79. The minimum Gasteiger partial charge on any atom is -0.493 e. The Morgan fingerprint density at radius 2 is 1.89 bits per heavy atom. The van der Waals surface area contributed by atoms with Gasteiger partial charge in [0.15, 0.2) is 22.5 Å². The number of hydrogen-bond donors (Lipinski definition) is 0. The van der Waals surface area contributed by atoms with Crippen molar-refractivity contribution >= 4 is 17.7 Å². The van der Waals surface area contributed by atoms with Gasteiger partial charge in [-0.2, -0.15) is 0 Å². The van der Waals surface area contributed by atoms with E-state index in [2.05, 4.69) is 17.1 Å². The van der Waals surface area contributed by atoms with E-state index in [-0.39, 0.29) is 5.91 Å². The van der Waals surface area contributed by atoms with E-state index in [1.54, 1.807) is 14.2 Å². The van der Waals surface area contributed by atoms with Crippen LogP contribution in [-0.4, -0.2) is 58.6 Å². The Kier molecular flexibility index (Phi) is 6.26. The number of aromatic nitrogens is 3. The van der Waals surface area contributed by atoms with Crippen molar-refractivity contribution in [2.45, 2.75) is 24.9 Å². The number of carbonyl (C=O) groups excluding carboxylic acids is 1. The van der Waals surface area contributed by atoms with Crippen LogP contribution in [0.15, 0.2) is 23.4 Å². The standard InChI is InChI=1S/C19H26N4O3S/c1-13-7-9-23(10-8-13)17(24)12-27-19-21-20-18(22(19)2)14-5-6-15(25-3)16(11-14)26-4/h5-6,11,13H,7-10,12H2,1-4H3. The molecule has 0 saturated carbocycles. The molecule has 1 aliphatic heterocycles. The van der Waals surface area contributed by atoms with Crippen molar-refractivity contribution in [3.05, 3.63) is 18.2 Å². The summed E-state index contributed by atoms with van der Waals surface area (Å²) in [6.45, 7) is 3.96. The molecule has 0 spiro atoms. The molecule has 1 aromatic carbocycles. The summed E-state index contributed by atoms with van der Waals surface area (Å²) in [7, 11) is 5.11. The highest BCUT2D eigenvalue weighted by molar-refractivity contribution is 7.99. The van der Waals surface area contributed by atoms with Gasteiger partial charge in [0.25, 0.3) is 0 Å². The Morgan fingerprint density at radius 3 is 2.56 bits per heavy atom. The average molecular weight is 391 g/mol. The van der Waals surface area contributed by atoms with Crippen LogP contribution in [0.3, 0.4) is 0 Å². The molecule has 0 bridgehead atoms. The summed E-state index contributed by atoms with van der Waals surface area (Å²) >= 11 is 1.42. The van der Waals surface area contributed by atoms with Gasteiger partial charge in [0.1, 0.15) is 0 Å². The first-order valence-electron chi connectivity index (χ1n) is 9.05. The molecule has 2 heterocycles. The van der Waals surface area contributed by atoms with E-state index < -0.39 is 0 Å². The smallest absolute Gasteiger partial charge is 0.233 e. The van der Waals surface area contributed by atoms with Gasteiger partial charge in [-0.1, -0.05) is 18.7 Å². The van der Waals surface area contributed by atoms with Gasteiger partial charge in [0.05, 0.1) is 20.0 Å². The molecule has 1 fully saturated rings. The van der Waals surface area contributed by atoms with Gasteiger partial charge in [0.2, 0.25) is 5.91 Å². The van der Waals surface area contributed by atoms with Gasteiger partial charge in [-0.25, -0.2) is 0 Å². The Hall–Kier alpha value is -2.22. The largest absolute Gasteiger partial charge is 0.493 e. The van der Waals surface area contributed by atoms with Gasteiger partial charge in [-0.05, 0) is 37.0 Å². The minimum atomic E-state index is 0.169. The molecule has 1 amide bonds. The van der Waals surface area contributed by atoms with Gasteiger partial charge in [-0.3, -0.25) is 4.79 Å². The highest BCUT2D eigenvalue weighted by atomic mass is 32.2. The maximum atomic E-state index is 12.4. The minimum absolute atomic E-state index is 0.169. The lowest BCUT2D eigenvalue weighted by molar-refractivity contribution is -0.129. The van der Waals surface area contributed by atoms with Gasteiger partial charge in [0, 0.05) is 25.7 Å². The van der Waals surface area contributed by atoms with Crippen molar-refractivity contribution < 1.29 is 14.3 Å². The van der Waals surface area contributed by atoms with Gasteiger partial charge >= 0.3 is 0 Å². The molecule has 7 nitrogen and oxygen atoms in total. The summed E-state index contributed by atoms with van der Waals surface area (Å²) in [5.74, 6) is 3.29. The fraction of sp³-hybridized carbons (Fsp3) is 0.526. The van der Waals surface area contributed by atoms with Crippen LogP contribution in [0.2, 0.25) is 0 Å². The molecule has 146 valence electrons. The molecule has 0 aliphatic carbocycles. The van der Waals surface area contributed by atoms with Crippen molar-refractivity contribution in [3.63, 3.8) is 0 Å². The van der Waals surface area contributed by atoms with Crippen LogP contribution in [0.5, 0.6) is 11.5 Å². The number of thioether (sulfide) groups is 1. The van der Waals surface area contributed by atoms with E-state index in [0.717, 1.165) is 42.5 Å². The first-order chi connectivity index (χ1) is 13.0. The van der Waals surface area contributed by atoms with Crippen LogP contribution in [-0.2, 0) is 11.8 Å². The zero-order valence-electron chi connectivity index (χ0n) is 16.3. The fourth-order valence-electron chi connectivity index (χ4n) is 3.14. The zero-order chi connectivity index (χ0) is 19.4. The van der Waals surface area contributed by atoms with Crippen LogP contribution in [0.4, 0.5) is 0 Å². The van der Waals surface area contributed by atoms with Crippen LogP contribution >= 0.6 is 11.8 Å². The zero-order valence-corrected chi connectivity index (χ0v) is 17.1. The quantitative estimate of drug-likeness (QED) is 0.707. The lowest BCUT2D eigenvalue weighted by atomic mass is 9.99. The number of rotatable bonds is 6. The molecular formula is C19H26N4O3S. The number of nitrogens with zero attached hydrogens (tertiary/aromatic N) is 4. The molecule has 0 atom stereocenters. The predicted molar refractivity (Wildman–Crippen MR) is 105 cm³/mol. The lowest BCUT2D eigenvalue weighted by Gasteiger charge is -2.30. The number of hydrogen-bond acceptors (Lipinski definition) is 6. The topological polar surface area (TPSA) is 69.5 Å². The summed E-state index contributed by atoms with van der Waals surface area (Å²) in [6.07, 6.45) is 2.17. The van der Waals surface area contributed by atoms with E-state index >= 15 is 0 Å². The van der Waals surface area contributed by atoms with E-state index in [0.29, 0.717) is 23.2 Å². The molecule has 2 aromatic rings. The predicted octanol–water partition coefficient (Wildman–Crippen LogP) is 2.85. The highest BCUT2D eigenvalue weighted by Crippen LogP contribution is 2.32.